The van der Waals surface area contributed by atoms with E-state index < -0.39 is 24.2 Å². The summed E-state index contributed by atoms with van der Waals surface area (Å²) in [6, 6.07) is 8.43. The molecule has 2 rings (SSSR count). The monoisotopic (exact) mass is 392 g/mol. The standard InChI is InChI=1S/C20H18ClFO5/c1-3-26-18-10-13(9-16(21)20(18)25-2)7-8-19(24)27-12-17(23)14-5-4-6-15(22)11-14/h4-11H,3,12H2,1-2H3/b8-7+. The van der Waals surface area contributed by atoms with Gasteiger partial charge in [-0.25, -0.2) is 9.18 Å². The molecule has 27 heavy (non-hydrogen) atoms. The maximum atomic E-state index is 13.1. The van der Waals surface area contributed by atoms with Gasteiger partial charge in [0.15, 0.2) is 23.9 Å². The molecule has 0 aromatic heterocycles. The third-order valence-corrected chi connectivity index (χ3v) is 3.72. The van der Waals surface area contributed by atoms with Gasteiger partial charge in [-0.05, 0) is 42.8 Å². The van der Waals surface area contributed by atoms with Crippen molar-refractivity contribution in [1.82, 2.24) is 0 Å². The molecule has 0 spiro atoms. The molecule has 0 N–H and O–H groups in total. The van der Waals surface area contributed by atoms with Gasteiger partial charge in [0.1, 0.15) is 5.82 Å². The fraction of sp³-hybridized carbons (Fsp3) is 0.200. The van der Waals surface area contributed by atoms with Gasteiger partial charge in [0.05, 0.1) is 18.7 Å². The van der Waals surface area contributed by atoms with E-state index in [-0.39, 0.29) is 5.56 Å². The molecule has 7 heteroatoms. The number of ketones is 1. The van der Waals surface area contributed by atoms with Crippen LogP contribution < -0.4 is 9.47 Å². The lowest BCUT2D eigenvalue weighted by Gasteiger charge is -2.11. The number of hydrogen-bond acceptors (Lipinski definition) is 5. The lowest BCUT2D eigenvalue weighted by molar-refractivity contribution is -0.136. The number of Topliss-reactive ketones (excluding diaryl/α,β-unsaturated/α-hetero) is 1. The summed E-state index contributed by atoms with van der Waals surface area (Å²) >= 11 is 6.14. The van der Waals surface area contributed by atoms with Gasteiger partial charge in [-0.2, -0.15) is 0 Å². The second kappa shape index (κ2) is 9.73. The number of ether oxygens (including phenoxy) is 3. The van der Waals surface area contributed by atoms with E-state index in [1.54, 1.807) is 12.1 Å². The predicted molar refractivity (Wildman–Crippen MR) is 99.9 cm³/mol. The van der Waals surface area contributed by atoms with E-state index in [2.05, 4.69) is 0 Å². The molecule has 0 saturated carbocycles. The minimum atomic E-state index is -0.718. The molecule has 2 aromatic rings. The largest absolute Gasteiger partial charge is 0.491 e. The minimum absolute atomic E-state index is 0.134. The van der Waals surface area contributed by atoms with E-state index in [4.69, 9.17) is 25.8 Å². The van der Waals surface area contributed by atoms with Crippen molar-refractivity contribution in [2.75, 3.05) is 20.3 Å². The third kappa shape index (κ3) is 5.82. The van der Waals surface area contributed by atoms with Gasteiger partial charge < -0.3 is 14.2 Å². The second-order valence-electron chi connectivity index (χ2n) is 5.34. The van der Waals surface area contributed by atoms with Gasteiger partial charge in [-0.15, -0.1) is 0 Å². The van der Waals surface area contributed by atoms with Crippen molar-refractivity contribution in [2.45, 2.75) is 6.92 Å². The average molecular weight is 393 g/mol. The van der Waals surface area contributed by atoms with Gasteiger partial charge in [-0.3, -0.25) is 4.79 Å². The first-order valence-corrected chi connectivity index (χ1v) is 8.46. The molecule has 0 heterocycles. The highest BCUT2D eigenvalue weighted by molar-refractivity contribution is 6.32. The molecular formula is C20H18ClFO5. The fourth-order valence-electron chi connectivity index (χ4n) is 2.24. The van der Waals surface area contributed by atoms with Gasteiger partial charge >= 0.3 is 5.97 Å². The molecule has 0 saturated heterocycles. The van der Waals surface area contributed by atoms with E-state index in [0.29, 0.717) is 28.7 Å². The highest BCUT2D eigenvalue weighted by Crippen LogP contribution is 2.36. The van der Waals surface area contributed by atoms with Crippen LogP contribution in [0.4, 0.5) is 4.39 Å². The fourth-order valence-corrected chi connectivity index (χ4v) is 2.54. The Morgan fingerprint density at radius 3 is 2.67 bits per heavy atom. The van der Waals surface area contributed by atoms with E-state index in [1.165, 1.54) is 31.4 Å². The van der Waals surface area contributed by atoms with E-state index in [9.17, 15) is 14.0 Å². The molecule has 0 fully saturated rings. The van der Waals surface area contributed by atoms with E-state index in [0.717, 1.165) is 12.1 Å². The summed E-state index contributed by atoms with van der Waals surface area (Å²) < 4.78 is 28.6. The third-order valence-electron chi connectivity index (χ3n) is 3.44. The Bertz CT molecular complexity index is 863. The normalized spacial score (nSPS) is 10.7. The van der Waals surface area contributed by atoms with Crippen molar-refractivity contribution in [3.63, 3.8) is 0 Å². The summed E-state index contributed by atoms with van der Waals surface area (Å²) in [5, 5.41) is 0.331. The molecule has 0 radical (unpaired) electrons. The van der Waals surface area contributed by atoms with Crippen LogP contribution in [0, 0.1) is 5.82 Å². The first kappa shape index (κ1) is 20.5. The summed E-state index contributed by atoms with van der Waals surface area (Å²) in [5.74, 6) is -0.902. The number of carbonyl (C=O) groups is 2. The molecule has 0 aliphatic rings. The van der Waals surface area contributed by atoms with Crippen LogP contribution in [0.5, 0.6) is 11.5 Å². The van der Waals surface area contributed by atoms with Crippen molar-refractivity contribution in [3.05, 3.63) is 64.4 Å². The lowest BCUT2D eigenvalue weighted by atomic mass is 10.1. The van der Waals surface area contributed by atoms with Crippen LogP contribution in [-0.2, 0) is 9.53 Å². The maximum Gasteiger partial charge on any atom is 0.331 e. The number of rotatable bonds is 8. The molecule has 0 unspecified atom stereocenters. The van der Waals surface area contributed by atoms with E-state index in [1.807, 2.05) is 6.92 Å². The van der Waals surface area contributed by atoms with Crippen molar-refractivity contribution in [1.29, 1.82) is 0 Å². The van der Waals surface area contributed by atoms with Crippen LogP contribution in [0.3, 0.4) is 0 Å². The Kier molecular flexibility index (Phi) is 7.37. The van der Waals surface area contributed by atoms with Gasteiger partial charge in [0.25, 0.3) is 0 Å². The SMILES string of the molecule is CCOc1cc(/C=C/C(=O)OCC(=O)c2cccc(F)c2)cc(Cl)c1OC. The van der Waals surface area contributed by atoms with Gasteiger partial charge in [0.2, 0.25) is 0 Å². The number of halogens is 2. The lowest BCUT2D eigenvalue weighted by Crippen LogP contribution is -2.12. The number of benzene rings is 2. The van der Waals surface area contributed by atoms with Crippen molar-refractivity contribution >= 4 is 29.4 Å². The molecule has 2 aromatic carbocycles. The molecular weight excluding hydrogens is 375 g/mol. The molecule has 0 amide bonds. The number of hydrogen-bond donors (Lipinski definition) is 0. The Morgan fingerprint density at radius 1 is 1.22 bits per heavy atom. The Morgan fingerprint density at radius 2 is 2.00 bits per heavy atom. The van der Waals surface area contributed by atoms with Crippen LogP contribution >= 0.6 is 11.6 Å². The zero-order chi connectivity index (χ0) is 19.8. The summed E-state index contributed by atoms with van der Waals surface area (Å²) in [4.78, 5) is 23.7. The minimum Gasteiger partial charge on any atom is -0.491 e. The van der Waals surface area contributed by atoms with Gasteiger partial charge in [0, 0.05) is 11.6 Å². The highest BCUT2D eigenvalue weighted by Gasteiger charge is 2.12. The maximum absolute atomic E-state index is 13.1. The Balaban J connectivity index is 2.01. The topological polar surface area (TPSA) is 61.8 Å². The molecule has 142 valence electrons. The number of carbonyl (C=O) groups excluding carboxylic acids is 2. The number of methoxy groups -OCH3 is 1. The zero-order valence-corrected chi connectivity index (χ0v) is 15.6. The Labute approximate surface area is 161 Å². The molecule has 0 bridgehead atoms. The summed E-state index contributed by atoms with van der Waals surface area (Å²) in [6.07, 6.45) is 2.63. The summed E-state index contributed by atoms with van der Waals surface area (Å²) in [6.45, 7) is 1.76. The van der Waals surface area contributed by atoms with Crippen LogP contribution in [0.15, 0.2) is 42.5 Å². The highest BCUT2D eigenvalue weighted by atomic mass is 35.5. The molecule has 0 aliphatic carbocycles. The predicted octanol–water partition coefficient (Wildman–Crippen LogP) is 4.33. The first-order valence-electron chi connectivity index (χ1n) is 8.08. The quantitative estimate of drug-likeness (QED) is 0.380. The van der Waals surface area contributed by atoms with Crippen LogP contribution in [-0.4, -0.2) is 32.1 Å². The second-order valence-corrected chi connectivity index (χ2v) is 5.75. The van der Waals surface area contributed by atoms with Gasteiger partial charge in [-0.1, -0.05) is 23.7 Å². The zero-order valence-electron chi connectivity index (χ0n) is 14.8. The molecule has 0 aliphatic heterocycles. The van der Waals surface area contributed by atoms with Crippen LogP contribution in [0.2, 0.25) is 5.02 Å². The summed E-state index contributed by atoms with van der Waals surface area (Å²) in [7, 11) is 1.48. The van der Waals surface area contributed by atoms with Crippen molar-refractivity contribution < 1.29 is 28.2 Å². The van der Waals surface area contributed by atoms with Crippen LogP contribution in [0.25, 0.3) is 6.08 Å². The summed E-state index contributed by atoms with van der Waals surface area (Å²) in [5.41, 5.74) is 0.729. The number of esters is 1. The smallest absolute Gasteiger partial charge is 0.331 e. The van der Waals surface area contributed by atoms with Crippen LogP contribution in [0.1, 0.15) is 22.8 Å². The molecule has 0 atom stereocenters. The average Bonchev–Trinajstić information content (AvgIpc) is 2.64. The van der Waals surface area contributed by atoms with Crippen molar-refractivity contribution in [3.8, 4) is 11.5 Å². The first-order chi connectivity index (χ1) is 12.9. The van der Waals surface area contributed by atoms with Crippen molar-refractivity contribution in [2.24, 2.45) is 0 Å². The van der Waals surface area contributed by atoms with E-state index >= 15 is 0 Å². The molecule has 5 nitrogen and oxygen atoms in total. The Hall–Kier alpha value is -2.86.